The van der Waals surface area contributed by atoms with Gasteiger partial charge in [-0.3, -0.25) is 10.1 Å². The average molecular weight is 276 g/mol. The molecule has 0 saturated carbocycles. The summed E-state index contributed by atoms with van der Waals surface area (Å²) in [6, 6.07) is 1.98. The Labute approximate surface area is 112 Å². The Morgan fingerprint density at radius 3 is 3.11 bits per heavy atom. The van der Waals surface area contributed by atoms with E-state index in [4.69, 9.17) is 5.84 Å². The molecule has 0 aliphatic carbocycles. The van der Waals surface area contributed by atoms with Crippen LogP contribution >= 0.6 is 11.3 Å². The first-order chi connectivity index (χ1) is 9.36. The van der Waals surface area contributed by atoms with Gasteiger partial charge in [-0.05, 0) is 11.4 Å². The molecule has 3 aromatic rings. The van der Waals surface area contributed by atoms with E-state index in [1.54, 1.807) is 22.2 Å². The van der Waals surface area contributed by atoms with Crippen molar-refractivity contribution in [2.75, 3.05) is 17.3 Å². The first kappa shape index (κ1) is 11.8. The van der Waals surface area contributed by atoms with Gasteiger partial charge in [0.05, 0.1) is 18.1 Å². The molecule has 0 aliphatic heterocycles. The maximum Gasteiger partial charge on any atom is 0.240 e. The minimum Gasteiger partial charge on any atom is -0.368 e. The third-order valence-corrected chi connectivity index (χ3v) is 3.37. The van der Waals surface area contributed by atoms with Crippen LogP contribution < -0.4 is 16.6 Å². The Morgan fingerprint density at radius 1 is 1.37 bits per heavy atom. The summed E-state index contributed by atoms with van der Waals surface area (Å²) in [6.07, 6.45) is 3.47. The van der Waals surface area contributed by atoms with Gasteiger partial charge in [0.25, 0.3) is 0 Å². The largest absolute Gasteiger partial charge is 0.368 e. The van der Waals surface area contributed by atoms with E-state index in [1.807, 2.05) is 17.6 Å². The van der Waals surface area contributed by atoms with E-state index in [0.29, 0.717) is 19.0 Å². The van der Waals surface area contributed by atoms with Gasteiger partial charge in [-0.15, -0.1) is 16.4 Å². The van der Waals surface area contributed by atoms with Crippen LogP contribution in [0.1, 0.15) is 0 Å². The second kappa shape index (κ2) is 5.16. The lowest BCUT2D eigenvalue weighted by atomic mass is 10.4. The van der Waals surface area contributed by atoms with Gasteiger partial charge >= 0.3 is 0 Å². The van der Waals surface area contributed by atoms with Crippen molar-refractivity contribution in [1.29, 1.82) is 0 Å². The number of hydrogen-bond acceptors (Lipinski definition) is 8. The van der Waals surface area contributed by atoms with Gasteiger partial charge in [-0.2, -0.15) is 4.98 Å². The molecule has 0 bridgehead atoms. The summed E-state index contributed by atoms with van der Waals surface area (Å²) < 4.78 is 1.75. The van der Waals surface area contributed by atoms with Crippen molar-refractivity contribution >= 4 is 33.3 Å². The number of anilines is 2. The predicted octanol–water partition coefficient (Wildman–Crippen LogP) is 0.680. The number of aromatic nitrogens is 5. The summed E-state index contributed by atoms with van der Waals surface area (Å²) in [6.45, 7) is 1.40. The highest BCUT2D eigenvalue weighted by molar-refractivity contribution is 7.16. The van der Waals surface area contributed by atoms with E-state index in [9.17, 15) is 0 Å². The van der Waals surface area contributed by atoms with Crippen LogP contribution in [0.2, 0.25) is 0 Å². The van der Waals surface area contributed by atoms with Gasteiger partial charge in [0.2, 0.25) is 5.95 Å². The quantitative estimate of drug-likeness (QED) is 0.464. The third kappa shape index (κ3) is 2.46. The smallest absolute Gasteiger partial charge is 0.240 e. The number of nitrogens with two attached hydrogens (primary N) is 1. The molecule has 0 saturated heterocycles. The molecule has 3 rings (SSSR count). The Bertz CT molecular complexity index is 661. The molecule has 4 N–H and O–H groups in total. The number of thiophene rings is 1. The highest BCUT2D eigenvalue weighted by atomic mass is 32.1. The molecule has 0 spiro atoms. The monoisotopic (exact) mass is 276 g/mol. The predicted molar refractivity (Wildman–Crippen MR) is 73.7 cm³/mol. The van der Waals surface area contributed by atoms with Gasteiger partial charge < -0.3 is 5.32 Å². The summed E-state index contributed by atoms with van der Waals surface area (Å²) in [4.78, 5) is 9.48. The fourth-order valence-electron chi connectivity index (χ4n) is 1.70. The second-order valence-electron chi connectivity index (χ2n) is 3.77. The van der Waals surface area contributed by atoms with E-state index in [1.165, 1.54) is 0 Å². The standard InChI is InChI=1S/C10H12N8S/c11-16-10-14-8(7-1-6-19-9(7)15-10)12-2-4-18-5-3-13-17-18/h1,3,5-6H,2,4,11H2,(H2,12,14,15,16). The molecule has 0 radical (unpaired) electrons. The number of hydrogen-bond donors (Lipinski definition) is 3. The van der Waals surface area contributed by atoms with Crippen LogP contribution in [0.3, 0.4) is 0 Å². The SMILES string of the molecule is NNc1nc(NCCn2ccnn2)c2ccsc2n1. The first-order valence-corrected chi connectivity index (χ1v) is 6.54. The molecule has 0 unspecified atom stereocenters. The number of nitrogens with zero attached hydrogens (tertiary/aromatic N) is 5. The molecule has 0 aliphatic rings. The second-order valence-corrected chi connectivity index (χ2v) is 4.67. The Hall–Kier alpha value is -2.26. The van der Waals surface area contributed by atoms with Crippen molar-refractivity contribution in [3.8, 4) is 0 Å². The van der Waals surface area contributed by atoms with Crippen LogP contribution in [-0.2, 0) is 6.54 Å². The zero-order chi connectivity index (χ0) is 13.1. The van der Waals surface area contributed by atoms with Crippen molar-refractivity contribution in [3.63, 3.8) is 0 Å². The highest BCUT2D eigenvalue weighted by Gasteiger charge is 2.07. The van der Waals surface area contributed by atoms with E-state index >= 15 is 0 Å². The van der Waals surface area contributed by atoms with Crippen molar-refractivity contribution < 1.29 is 0 Å². The topological polar surface area (TPSA) is 107 Å². The van der Waals surface area contributed by atoms with Crippen LogP contribution in [0.4, 0.5) is 11.8 Å². The van der Waals surface area contributed by atoms with Crippen LogP contribution in [0, 0.1) is 0 Å². The summed E-state index contributed by atoms with van der Waals surface area (Å²) in [5, 5.41) is 13.9. The van der Waals surface area contributed by atoms with Gasteiger partial charge in [0.1, 0.15) is 10.6 Å². The summed E-state index contributed by atoms with van der Waals surface area (Å²) in [7, 11) is 0. The summed E-state index contributed by atoms with van der Waals surface area (Å²) in [5.41, 5.74) is 2.47. The zero-order valence-corrected chi connectivity index (χ0v) is 10.8. The zero-order valence-electron chi connectivity index (χ0n) is 9.95. The van der Waals surface area contributed by atoms with E-state index in [2.05, 4.69) is 31.0 Å². The minimum absolute atomic E-state index is 0.401. The van der Waals surface area contributed by atoms with Crippen LogP contribution in [0.5, 0.6) is 0 Å². The van der Waals surface area contributed by atoms with Crippen LogP contribution in [-0.4, -0.2) is 31.5 Å². The molecule has 3 heterocycles. The van der Waals surface area contributed by atoms with Crippen molar-refractivity contribution in [3.05, 3.63) is 23.8 Å². The van der Waals surface area contributed by atoms with Crippen LogP contribution in [0.15, 0.2) is 23.8 Å². The number of hydrazine groups is 1. The third-order valence-electron chi connectivity index (χ3n) is 2.56. The van der Waals surface area contributed by atoms with Gasteiger partial charge in [0.15, 0.2) is 0 Å². The molecule has 19 heavy (non-hydrogen) atoms. The maximum absolute atomic E-state index is 5.36. The molecule has 0 atom stereocenters. The van der Waals surface area contributed by atoms with Gasteiger partial charge in [-0.25, -0.2) is 10.8 Å². The number of nitrogen functional groups attached to an aromatic ring is 1. The number of fused-ring (bicyclic) bond motifs is 1. The Kier molecular flexibility index (Phi) is 3.21. The average Bonchev–Trinajstić information content (AvgIpc) is 3.08. The lowest BCUT2D eigenvalue weighted by molar-refractivity contribution is 0.608. The Morgan fingerprint density at radius 2 is 2.32 bits per heavy atom. The fraction of sp³-hybridized carbons (Fsp3) is 0.200. The molecule has 9 heteroatoms. The van der Waals surface area contributed by atoms with Crippen molar-refractivity contribution in [2.45, 2.75) is 6.54 Å². The minimum atomic E-state index is 0.401. The summed E-state index contributed by atoms with van der Waals surface area (Å²) in [5.74, 6) is 6.53. The molecule has 0 fully saturated rings. The molecular formula is C10H12N8S. The highest BCUT2D eigenvalue weighted by Crippen LogP contribution is 2.25. The maximum atomic E-state index is 5.36. The van der Waals surface area contributed by atoms with Gasteiger partial charge in [-0.1, -0.05) is 5.21 Å². The van der Waals surface area contributed by atoms with Crippen molar-refractivity contribution in [1.82, 2.24) is 25.0 Å². The van der Waals surface area contributed by atoms with Gasteiger partial charge in [0, 0.05) is 12.7 Å². The van der Waals surface area contributed by atoms with E-state index in [-0.39, 0.29) is 0 Å². The summed E-state index contributed by atoms with van der Waals surface area (Å²) >= 11 is 1.55. The van der Waals surface area contributed by atoms with Crippen molar-refractivity contribution in [2.24, 2.45) is 5.84 Å². The number of rotatable bonds is 5. The fourth-order valence-corrected chi connectivity index (χ4v) is 2.46. The van der Waals surface area contributed by atoms with E-state index in [0.717, 1.165) is 16.0 Å². The lowest BCUT2D eigenvalue weighted by Crippen LogP contribution is -2.15. The molecule has 3 aromatic heterocycles. The molecule has 0 aromatic carbocycles. The Balaban J connectivity index is 1.77. The van der Waals surface area contributed by atoms with E-state index < -0.39 is 0 Å². The molecule has 8 nitrogen and oxygen atoms in total. The molecule has 0 amide bonds. The number of nitrogens with one attached hydrogen (secondary N) is 2. The molecule has 98 valence electrons. The lowest BCUT2D eigenvalue weighted by Gasteiger charge is -2.08. The normalized spacial score (nSPS) is 10.8. The first-order valence-electron chi connectivity index (χ1n) is 5.66. The van der Waals surface area contributed by atoms with Crippen LogP contribution in [0.25, 0.3) is 10.2 Å². The molecular weight excluding hydrogens is 264 g/mol.